The molecule has 0 aliphatic carbocycles. The van der Waals surface area contributed by atoms with E-state index in [0.29, 0.717) is 5.96 Å². The minimum absolute atomic E-state index is 0.312. The summed E-state index contributed by atoms with van der Waals surface area (Å²) < 4.78 is 4.73. The van der Waals surface area contributed by atoms with E-state index in [9.17, 15) is 0 Å². The van der Waals surface area contributed by atoms with Crippen molar-refractivity contribution in [3.05, 3.63) is 175 Å². The van der Waals surface area contributed by atoms with Gasteiger partial charge in [0.05, 0.1) is 22.1 Å². The second-order valence-corrected chi connectivity index (χ2v) is 12.3. The molecule has 0 bridgehead atoms. The summed E-state index contributed by atoms with van der Waals surface area (Å²) >= 11 is 0. The van der Waals surface area contributed by atoms with Gasteiger partial charge in [-0.05, 0) is 29.1 Å². The van der Waals surface area contributed by atoms with Crippen LogP contribution < -0.4 is 5.32 Å². The van der Waals surface area contributed by atoms with E-state index in [-0.39, 0.29) is 6.17 Å². The van der Waals surface area contributed by atoms with Crippen molar-refractivity contribution >= 4 is 66.2 Å². The van der Waals surface area contributed by atoms with E-state index < -0.39 is 0 Å². The molecule has 0 radical (unpaired) electrons. The first-order valence-corrected chi connectivity index (χ1v) is 16.3. The molecule has 9 aromatic rings. The fourth-order valence-corrected chi connectivity index (χ4v) is 7.44. The second-order valence-electron chi connectivity index (χ2n) is 12.3. The highest BCUT2D eigenvalue weighted by Gasteiger charge is 2.26. The van der Waals surface area contributed by atoms with Gasteiger partial charge in [-0.25, -0.2) is 4.99 Å². The van der Waals surface area contributed by atoms with Crippen molar-refractivity contribution in [2.24, 2.45) is 9.98 Å². The molecule has 0 spiro atoms. The number of aromatic nitrogens is 2. The SMILES string of the molecule is c1ccc(C2=NC(n3c4ccccc4c4ccc5c6ccc7ccccc7c6n(-c6ccccc6)c5c43)=NC(c3ccccc3)N2)cc1. The maximum atomic E-state index is 5.36. The molecular weight excluding hydrogens is 587 g/mol. The van der Waals surface area contributed by atoms with Crippen molar-refractivity contribution < 1.29 is 0 Å². The topological polar surface area (TPSA) is 46.6 Å². The molecule has 1 aliphatic rings. The maximum absolute atomic E-state index is 5.36. The van der Waals surface area contributed by atoms with Gasteiger partial charge in [0.1, 0.15) is 12.0 Å². The average molecular weight is 616 g/mol. The smallest absolute Gasteiger partial charge is 0.234 e. The molecule has 7 aromatic carbocycles. The Kier molecular flexibility index (Phi) is 5.87. The number of rotatable bonds is 3. The van der Waals surface area contributed by atoms with Crippen LogP contribution in [-0.2, 0) is 0 Å². The summed E-state index contributed by atoms with van der Waals surface area (Å²) in [5, 5.41) is 10.8. The predicted octanol–water partition coefficient (Wildman–Crippen LogP) is 10.00. The summed E-state index contributed by atoms with van der Waals surface area (Å²) in [5.41, 5.74) is 7.69. The molecule has 2 aromatic heterocycles. The Bertz CT molecular complexity index is 2740. The number of aliphatic imine (C=N–C) groups is 2. The van der Waals surface area contributed by atoms with Crippen LogP contribution >= 0.6 is 0 Å². The first-order valence-electron chi connectivity index (χ1n) is 16.3. The van der Waals surface area contributed by atoms with Crippen LogP contribution in [0.1, 0.15) is 17.3 Å². The van der Waals surface area contributed by atoms with E-state index in [4.69, 9.17) is 9.98 Å². The summed E-state index contributed by atoms with van der Waals surface area (Å²) in [6, 6.07) is 57.8. The lowest BCUT2D eigenvalue weighted by atomic mass is 10.0. The summed E-state index contributed by atoms with van der Waals surface area (Å²) in [7, 11) is 0. The number of nitrogens with one attached hydrogen (secondary N) is 1. The van der Waals surface area contributed by atoms with Crippen molar-refractivity contribution in [3.8, 4) is 5.69 Å². The van der Waals surface area contributed by atoms with Crippen LogP contribution in [0.25, 0.3) is 60.1 Å². The molecular formula is C43H29N5. The lowest BCUT2D eigenvalue weighted by molar-refractivity contribution is 0.668. The first kappa shape index (κ1) is 26.7. The molecule has 1 N–H and O–H groups in total. The third kappa shape index (κ3) is 3.98. The third-order valence-corrected chi connectivity index (χ3v) is 9.55. The molecule has 5 heteroatoms. The number of hydrogen-bond acceptors (Lipinski definition) is 3. The third-order valence-electron chi connectivity index (χ3n) is 9.55. The number of nitrogens with zero attached hydrogens (tertiary/aromatic N) is 4. The first-order chi connectivity index (χ1) is 23.8. The highest BCUT2D eigenvalue weighted by molar-refractivity contribution is 6.28. The normalized spacial score (nSPS) is 14.9. The minimum atomic E-state index is -0.312. The Balaban J connectivity index is 1.39. The second kappa shape index (κ2) is 10.5. The van der Waals surface area contributed by atoms with Gasteiger partial charge in [-0.2, -0.15) is 4.99 Å². The zero-order chi connectivity index (χ0) is 31.6. The van der Waals surface area contributed by atoms with Crippen LogP contribution in [0.5, 0.6) is 0 Å². The Morgan fingerprint density at radius 1 is 0.458 bits per heavy atom. The van der Waals surface area contributed by atoms with Crippen molar-refractivity contribution in [1.82, 2.24) is 14.5 Å². The Morgan fingerprint density at radius 2 is 1.04 bits per heavy atom. The highest BCUT2D eigenvalue weighted by Crippen LogP contribution is 2.42. The summed E-state index contributed by atoms with van der Waals surface area (Å²) in [6.07, 6.45) is -0.312. The number of benzene rings is 7. The van der Waals surface area contributed by atoms with Gasteiger partial charge in [0, 0.05) is 38.2 Å². The number of amidine groups is 1. The summed E-state index contributed by atoms with van der Waals surface area (Å²) in [4.78, 5) is 10.6. The molecule has 1 unspecified atom stereocenters. The standard InChI is InChI=1S/C43H29N5/c1-4-15-29(16-5-1)41-44-42(30-17-6-2-7-18-30)46-43(45-41)48-37-23-13-12-22-33(37)34-26-27-36-35-25-24-28-14-10-11-21-32(28)38(35)47(39(36)40(34)48)31-19-8-3-9-20-31/h1-27,41H,(H,44,45,46). The Hall–Kier alpha value is -6.46. The fourth-order valence-electron chi connectivity index (χ4n) is 7.44. The molecule has 1 aliphatic heterocycles. The van der Waals surface area contributed by atoms with Crippen LogP contribution in [0.15, 0.2) is 174 Å². The van der Waals surface area contributed by atoms with Crippen LogP contribution in [0.2, 0.25) is 0 Å². The van der Waals surface area contributed by atoms with E-state index >= 15 is 0 Å². The van der Waals surface area contributed by atoms with Crippen LogP contribution in [-0.4, -0.2) is 20.9 Å². The van der Waals surface area contributed by atoms with Gasteiger partial charge in [0.2, 0.25) is 5.96 Å². The molecule has 3 heterocycles. The number of fused-ring (bicyclic) bond motifs is 9. The van der Waals surface area contributed by atoms with Crippen molar-refractivity contribution in [1.29, 1.82) is 0 Å². The molecule has 48 heavy (non-hydrogen) atoms. The average Bonchev–Trinajstić information content (AvgIpc) is 3.69. The van der Waals surface area contributed by atoms with E-state index in [1.807, 2.05) is 12.1 Å². The molecule has 1 atom stereocenters. The maximum Gasteiger partial charge on any atom is 0.234 e. The van der Waals surface area contributed by atoms with Gasteiger partial charge in [-0.15, -0.1) is 0 Å². The van der Waals surface area contributed by atoms with Gasteiger partial charge < -0.3 is 9.88 Å². The monoisotopic (exact) mass is 615 g/mol. The zero-order valence-corrected chi connectivity index (χ0v) is 26.0. The zero-order valence-electron chi connectivity index (χ0n) is 26.0. The van der Waals surface area contributed by atoms with Gasteiger partial charge in [0.25, 0.3) is 0 Å². The van der Waals surface area contributed by atoms with E-state index in [1.165, 1.54) is 27.1 Å². The van der Waals surface area contributed by atoms with E-state index in [2.05, 4.69) is 166 Å². The van der Waals surface area contributed by atoms with Crippen LogP contribution in [0, 0.1) is 0 Å². The Morgan fingerprint density at radius 3 is 1.83 bits per heavy atom. The van der Waals surface area contributed by atoms with Gasteiger partial charge in [-0.1, -0.05) is 146 Å². The molecule has 5 nitrogen and oxygen atoms in total. The number of hydrogen-bond donors (Lipinski definition) is 1. The molecule has 0 saturated carbocycles. The lowest BCUT2D eigenvalue weighted by Gasteiger charge is -2.24. The van der Waals surface area contributed by atoms with Crippen molar-refractivity contribution in [2.75, 3.05) is 0 Å². The van der Waals surface area contributed by atoms with E-state index in [1.54, 1.807) is 0 Å². The molecule has 10 rings (SSSR count). The van der Waals surface area contributed by atoms with Crippen molar-refractivity contribution in [2.45, 2.75) is 6.17 Å². The van der Waals surface area contributed by atoms with Crippen LogP contribution in [0.4, 0.5) is 0 Å². The van der Waals surface area contributed by atoms with Gasteiger partial charge in [0.15, 0.2) is 0 Å². The summed E-state index contributed by atoms with van der Waals surface area (Å²) in [5.74, 6) is 1.44. The van der Waals surface area contributed by atoms with Gasteiger partial charge in [-0.3, -0.25) is 4.57 Å². The molecule has 226 valence electrons. The summed E-state index contributed by atoms with van der Waals surface area (Å²) in [6.45, 7) is 0. The largest absolute Gasteiger partial charge is 0.344 e. The minimum Gasteiger partial charge on any atom is -0.344 e. The molecule has 0 amide bonds. The Labute approximate surface area is 276 Å². The van der Waals surface area contributed by atoms with Crippen LogP contribution in [0.3, 0.4) is 0 Å². The highest BCUT2D eigenvalue weighted by atomic mass is 15.3. The number of para-hydroxylation sites is 2. The van der Waals surface area contributed by atoms with Gasteiger partial charge >= 0.3 is 0 Å². The fraction of sp³-hybridized carbons (Fsp3) is 0.0233. The quantitative estimate of drug-likeness (QED) is 0.211. The predicted molar refractivity (Wildman–Crippen MR) is 199 cm³/mol. The molecule has 0 saturated heterocycles. The van der Waals surface area contributed by atoms with E-state index in [0.717, 1.165) is 50.0 Å². The molecule has 0 fully saturated rings. The lowest BCUT2D eigenvalue weighted by Crippen LogP contribution is -2.35. The van der Waals surface area contributed by atoms with Crippen molar-refractivity contribution in [3.63, 3.8) is 0 Å².